The van der Waals surface area contributed by atoms with Crippen molar-refractivity contribution in [2.75, 3.05) is 13.1 Å². The number of aromatic nitrogens is 2. The number of likely N-dealkylation sites (tertiary alicyclic amines) is 1. The molecule has 1 amide bonds. The van der Waals surface area contributed by atoms with Crippen molar-refractivity contribution in [3.8, 4) is 0 Å². The van der Waals surface area contributed by atoms with Gasteiger partial charge in [-0.2, -0.15) is 0 Å². The number of benzene rings is 1. The van der Waals surface area contributed by atoms with E-state index in [-0.39, 0.29) is 17.2 Å². The van der Waals surface area contributed by atoms with Crippen LogP contribution in [0, 0.1) is 11.3 Å². The van der Waals surface area contributed by atoms with E-state index < -0.39 is 0 Å². The molecule has 1 spiro atoms. The summed E-state index contributed by atoms with van der Waals surface area (Å²) >= 11 is 1.70. The molecule has 1 unspecified atom stereocenters. The molecule has 3 heterocycles. The Kier molecular flexibility index (Phi) is 4.61. The van der Waals surface area contributed by atoms with Crippen LogP contribution in [0.3, 0.4) is 0 Å². The Morgan fingerprint density at radius 3 is 2.86 bits per heavy atom. The molecule has 6 heteroatoms. The fourth-order valence-electron chi connectivity index (χ4n) is 4.56. The predicted octanol–water partition coefficient (Wildman–Crippen LogP) is 3.61. The van der Waals surface area contributed by atoms with Crippen LogP contribution >= 0.6 is 11.3 Å². The van der Waals surface area contributed by atoms with Crippen molar-refractivity contribution in [1.29, 1.82) is 0 Å². The van der Waals surface area contributed by atoms with Crippen LogP contribution in [-0.4, -0.2) is 33.9 Å². The van der Waals surface area contributed by atoms with Crippen LogP contribution in [0.1, 0.15) is 29.7 Å². The zero-order valence-electron chi connectivity index (χ0n) is 15.8. The summed E-state index contributed by atoms with van der Waals surface area (Å²) in [6, 6.07) is 10.3. The largest absolute Gasteiger partial charge is 0.351 e. The van der Waals surface area contributed by atoms with Gasteiger partial charge in [0.05, 0.1) is 17.6 Å². The van der Waals surface area contributed by atoms with E-state index in [9.17, 15) is 4.79 Å². The lowest BCUT2D eigenvalue weighted by Crippen LogP contribution is -2.36. The van der Waals surface area contributed by atoms with Crippen LogP contribution in [0.5, 0.6) is 0 Å². The van der Waals surface area contributed by atoms with Crippen molar-refractivity contribution in [3.05, 3.63) is 58.5 Å². The maximum Gasteiger partial charge on any atom is 0.223 e. The van der Waals surface area contributed by atoms with Gasteiger partial charge in [-0.25, -0.2) is 0 Å². The van der Waals surface area contributed by atoms with Crippen LogP contribution in [0.4, 0.5) is 0 Å². The molecule has 1 aromatic carbocycles. The summed E-state index contributed by atoms with van der Waals surface area (Å²) in [5, 5.41) is 5.19. The smallest absolute Gasteiger partial charge is 0.223 e. The minimum atomic E-state index is 0.207. The number of amides is 1. The number of carbonyl (C=O) groups excluding carboxylic acids is 1. The average Bonchev–Trinajstić information content (AvgIpc) is 3.17. The molecule has 144 valence electrons. The predicted molar refractivity (Wildman–Crippen MR) is 111 cm³/mol. The van der Waals surface area contributed by atoms with Crippen LogP contribution in [-0.2, 0) is 17.9 Å². The molecular formula is C22H24N4OS. The van der Waals surface area contributed by atoms with Gasteiger partial charge in [-0.15, -0.1) is 11.3 Å². The van der Waals surface area contributed by atoms with Gasteiger partial charge in [0, 0.05) is 29.7 Å². The van der Waals surface area contributed by atoms with Crippen LogP contribution in [0.15, 0.2) is 48.1 Å². The molecule has 2 aromatic heterocycles. The Labute approximate surface area is 168 Å². The first-order valence-corrected chi connectivity index (χ1v) is 10.8. The lowest BCUT2D eigenvalue weighted by molar-refractivity contribution is -0.123. The number of fused-ring (bicyclic) bond motifs is 1. The van der Waals surface area contributed by atoms with Crippen LogP contribution in [0.2, 0.25) is 0 Å². The highest BCUT2D eigenvalue weighted by Gasteiger charge is 2.58. The Balaban J connectivity index is 1.16. The van der Waals surface area contributed by atoms with Crippen LogP contribution in [0.25, 0.3) is 11.0 Å². The number of thiophene rings is 1. The highest BCUT2D eigenvalue weighted by Crippen LogP contribution is 2.59. The summed E-state index contributed by atoms with van der Waals surface area (Å²) < 4.78 is 0. The third-order valence-corrected chi connectivity index (χ3v) is 7.23. The van der Waals surface area contributed by atoms with E-state index >= 15 is 0 Å². The maximum absolute atomic E-state index is 12.6. The summed E-state index contributed by atoms with van der Waals surface area (Å²) in [7, 11) is 0. The normalized spacial score (nSPS) is 21.1. The van der Waals surface area contributed by atoms with E-state index in [1.54, 1.807) is 23.7 Å². The molecule has 0 radical (unpaired) electrons. The van der Waals surface area contributed by atoms with Crippen LogP contribution < -0.4 is 5.32 Å². The molecule has 5 nitrogen and oxygen atoms in total. The van der Waals surface area contributed by atoms with E-state index in [0.29, 0.717) is 6.54 Å². The second-order valence-electron chi connectivity index (χ2n) is 8.03. The molecule has 2 aliphatic rings. The van der Waals surface area contributed by atoms with Crippen molar-refractivity contribution < 1.29 is 4.79 Å². The fraction of sp³-hybridized carbons (Fsp3) is 0.409. The van der Waals surface area contributed by atoms with E-state index in [1.807, 2.05) is 12.1 Å². The van der Waals surface area contributed by atoms with E-state index in [2.05, 4.69) is 43.8 Å². The monoisotopic (exact) mass is 392 g/mol. The van der Waals surface area contributed by atoms with E-state index in [0.717, 1.165) is 49.9 Å². The highest BCUT2D eigenvalue weighted by atomic mass is 32.1. The first kappa shape index (κ1) is 17.8. The standard InChI is InChI=1S/C22H24N4OS/c27-21(25-14-17-4-2-12-28-17)18-13-22(18)6-10-26(11-7-22)15-16-3-1-5-19-20(16)24-9-8-23-19/h1-5,8-9,12,18H,6-7,10-11,13-15H2,(H,25,27). The lowest BCUT2D eigenvalue weighted by Gasteiger charge is -2.33. The van der Waals surface area contributed by atoms with Gasteiger partial charge in [0.25, 0.3) is 0 Å². The quantitative estimate of drug-likeness (QED) is 0.721. The molecule has 1 N–H and O–H groups in total. The number of para-hydroxylation sites is 1. The molecule has 1 atom stereocenters. The minimum absolute atomic E-state index is 0.207. The fourth-order valence-corrected chi connectivity index (χ4v) is 5.20. The summed E-state index contributed by atoms with van der Waals surface area (Å²) in [5.41, 5.74) is 3.44. The van der Waals surface area contributed by atoms with Crippen molar-refractivity contribution >= 4 is 28.3 Å². The average molecular weight is 393 g/mol. The second kappa shape index (κ2) is 7.26. The zero-order valence-corrected chi connectivity index (χ0v) is 16.6. The summed E-state index contributed by atoms with van der Waals surface area (Å²) in [4.78, 5) is 25.2. The number of hydrogen-bond donors (Lipinski definition) is 1. The molecule has 1 aliphatic carbocycles. The van der Waals surface area contributed by atoms with Crippen molar-refractivity contribution in [1.82, 2.24) is 20.2 Å². The molecule has 2 fully saturated rings. The van der Waals surface area contributed by atoms with Gasteiger partial charge < -0.3 is 5.32 Å². The van der Waals surface area contributed by atoms with Gasteiger partial charge >= 0.3 is 0 Å². The lowest BCUT2D eigenvalue weighted by atomic mass is 9.90. The summed E-state index contributed by atoms with van der Waals surface area (Å²) in [6.07, 6.45) is 6.78. The number of nitrogens with one attached hydrogen (secondary N) is 1. The van der Waals surface area contributed by atoms with Crippen molar-refractivity contribution in [2.24, 2.45) is 11.3 Å². The summed E-state index contributed by atoms with van der Waals surface area (Å²) in [5.74, 6) is 0.448. The molecule has 0 bridgehead atoms. The Morgan fingerprint density at radius 1 is 1.18 bits per heavy atom. The van der Waals surface area contributed by atoms with Gasteiger partial charge in [-0.05, 0) is 60.8 Å². The second-order valence-corrected chi connectivity index (χ2v) is 9.07. The van der Waals surface area contributed by atoms with Crippen molar-refractivity contribution in [3.63, 3.8) is 0 Å². The molecule has 1 saturated heterocycles. The number of piperidine rings is 1. The molecule has 1 saturated carbocycles. The number of nitrogens with zero attached hydrogens (tertiary/aromatic N) is 3. The van der Waals surface area contributed by atoms with E-state index in [1.165, 1.54) is 10.4 Å². The Hall–Kier alpha value is -2.31. The third-order valence-electron chi connectivity index (χ3n) is 6.35. The van der Waals surface area contributed by atoms with Gasteiger partial charge in [-0.3, -0.25) is 19.7 Å². The Bertz CT molecular complexity index is 974. The first-order valence-electron chi connectivity index (χ1n) is 9.95. The molecule has 5 rings (SSSR count). The SMILES string of the molecule is O=C(NCc1cccs1)C1CC12CCN(Cc1cccc3nccnc13)CC2. The molecule has 1 aliphatic heterocycles. The highest BCUT2D eigenvalue weighted by molar-refractivity contribution is 7.09. The maximum atomic E-state index is 12.6. The number of hydrogen-bond acceptors (Lipinski definition) is 5. The molecular weight excluding hydrogens is 368 g/mol. The topological polar surface area (TPSA) is 58.1 Å². The third kappa shape index (κ3) is 3.42. The van der Waals surface area contributed by atoms with Crippen molar-refractivity contribution in [2.45, 2.75) is 32.4 Å². The van der Waals surface area contributed by atoms with E-state index in [4.69, 9.17) is 0 Å². The van der Waals surface area contributed by atoms with Gasteiger partial charge in [0.15, 0.2) is 0 Å². The zero-order chi connectivity index (χ0) is 19.0. The Morgan fingerprint density at radius 2 is 2.04 bits per heavy atom. The molecule has 28 heavy (non-hydrogen) atoms. The summed E-state index contributed by atoms with van der Waals surface area (Å²) in [6.45, 7) is 3.66. The van der Waals surface area contributed by atoms with Gasteiger partial charge in [0.2, 0.25) is 5.91 Å². The molecule has 3 aromatic rings. The van der Waals surface area contributed by atoms with Gasteiger partial charge in [0.1, 0.15) is 0 Å². The number of rotatable bonds is 5. The van der Waals surface area contributed by atoms with Gasteiger partial charge in [-0.1, -0.05) is 18.2 Å². The minimum Gasteiger partial charge on any atom is -0.351 e. The first-order chi connectivity index (χ1) is 13.7. The number of carbonyl (C=O) groups is 1.